The average molecular weight is 205 g/mol. The summed E-state index contributed by atoms with van der Waals surface area (Å²) in [7, 11) is 0. The molecule has 15 heavy (non-hydrogen) atoms. The van der Waals surface area contributed by atoms with Crippen LogP contribution in [0.2, 0.25) is 0 Å². The lowest BCUT2D eigenvalue weighted by Gasteiger charge is -1.93. The third-order valence-corrected chi connectivity index (χ3v) is 2.02. The molecule has 0 saturated carbocycles. The molecule has 6 heteroatoms. The Balaban J connectivity index is 2.66. The zero-order valence-corrected chi connectivity index (χ0v) is 7.51. The first-order valence-corrected chi connectivity index (χ1v) is 4.11. The molecule has 1 aromatic heterocycles. The molecule has 0 radical (unpaired) electrons. The van der Waals surface area contributed by atoms with Crippen molar-refractivity contribution in [2.45, 2.75) is 0 Å². The van der Waals surface area contributed by atoms with Crippen LogP contribution in [0.4, 0.5) is 0 Å². The molecule has 2 aromatic rings. The normalized spacial score (nSPS) is 11.2. The van der Waals surface area contributed by atoms with Crippen LogP contribution >= 0.6 is 0 Å². The van der Waals surface area contributed by atoms with E-state index in [1.54, 1.807) is 6.07 Å². The quantitative estimate of drug-likeness (QED) is 0.388. The van der Waals surface area contributed by atoms with Gasteiger partial charge < -0.3 is 10.3 Å². The second kappa shape index (κ2) is 3.41. The van der Waals surface area contributed by atoms with Crippen LogP contribution in [0.5, 0.6) is 0 Å². The fraction of sp³-hybridized carbons (Fsp3) is 0. The standard InChI is InChI=1S/C9H7N3O3/c13-9(14)5-1-2-7-6(3-5)8(4-10-15)12-11-7/h1-4,15H,(H,11,12)(H,13,14)/b10-4-. The summed E-state index contributed by atoms with van der Waals surface area (Å²) in [5.74, 6) is -1.01. The fourth-order valence-corrected chi connectivity index (χ4v) is 1.32. The van der Waals surface area contributed by atoms with E-state index in [2.05, 4.69) is 15.4 Å². The van der Waals surface area contributed by atoms with Crippen molar-refractivity contribution in [3.05, 3.63) is 29.5 Å². The molecular weight excluding hydrogens is 198 g/mol. The van der Waals surface area contributed by atoms with Crippen LogP contribution in [0.3, 0.4) is 0 Å². The summed E-state index contributed by atoms with van der Waals surface area (Å²) in [4.78, 5) is 10.7. The lowest BCUT2D eigenvalue weighted by atomic mass is 10.1. The number of carboxylic acid groups (broad SMARTS) is 1. The Morgan fingerprint density at radius 1 is 1.53 bits per heavy atom. The number of aromatic carboxylic acids is 1. The SMILES string of the molecule is O=C(O)c1ccc2n[nH]c(/C=N\O)c2c1. The van der Waals surface area contributed by atoms with Gasteiger partial charge in [-0.25, -0.2) is 4.79 Å². The van der Waals surface area contributed by atoms with Crippen molar-refractivity contribution in [3.8, 4) is 0 Å². The number of carbonyl (C=O) groups is 1. The highest BCUT2D eigenvalue weighted by molar-refractivity contribution is 6.00. The van der Waals surface area contributed by atoms with E-state index in [9.17, 15) is 4.79 Å². The van der Waals surface area contributed by atoms with Crippen LogP contribution in [-0.2, 0) is 0 Å². The van der Waals surface area contributed by atoms with E-state index in [0.29, 0.717) is 16.6 Å². The maximum atomic E-state index is 10.7. The van der Waals surface area contributed by atoms with Gasteiger partial charge in [0.05, 0.1) is 23.0 Å². The molecule has 6 nitrogen and oxygen atoms in total. The van der Waals surface area contributed by atoms with Crippen molar-refractivity contribution in [2.75, 3.05) is 0 Å². The number of nitrogens with zero attached hydrogens (tertiary/aromatic N) is 2. The number of aromatic amines is 1. The molecule has 3 N–H and O–H groups in total. The Labute approximate surface area is 83.8 Å². The molecule has 0 unspecified atom stereocenters. The monoisotopic (exact) mass is 205 g/mol. The van der Waals surface area contributed by atoms with Gasteiger partial charge in [-0.1, -0.05) is 5.16 Å². The fourth-order valence-electron chi connectivity index (χ4n) is 1.32. The van der Waals surface area contributed by atoms with Crippen molar-refractivity contribution < 1.29 is 15.1 Å². The molecule has 0 aliphatic heterocycles. The first-order valence-electron chi connectivity index (χ1n) is 4.11. The molecule has 0 bridgehead atoms. The molecule has 76 valence electrons. The summed E-state index contributed by atoms with van der Waals surface area (Å²) in [6.45, 7) is 0. The van der Waals surface area contributed by atoms with Crippen molar-refractivity contribution in [1.29, 1.82) is 0 Å². The summed E-state index contributed by atoms with van der Waals surface area (Å²) in [6.07, 6.45) is 1.17. The minimum Gasteiger partial charge on any atom is -0.478 e. The minimum atomic E-state index is -1.01. The van der Waals surface area contributed by atoms with Crippen LogP contribution in [0.25, 0.3) is 10.9 Å². The summed E-state index contributed by atoms with van der Waals surface area (Å²) >= 11 is 0. The van der Waals surface area contributed by atoms with Gasteiger partial charge in [-0.05, 0) is 18.2 Å². The van der Waals surface area contributed by atoms with Crippen molar-refractivity contribution in [2.24, 2.45) is 5.16 Å². The van der Waals surface area contributed by atoms with Gasteiger partial charge in [0.25, 0.3) is 0 Å². The maximum absolute atomic E-state index is 10.7. The van der Waals surface area contributed by atoms with Gasteiger partial charge in [0.15, 0.2) is 0 Å². The van der Waals surface area contributed by atoms with Crippen LogP contribution in [-0.4, -0.2) is 32.7 Å². The highest BCUT2D eigenvalue weighted by Gasteiger charge is 2.08. The third kappa shape index (κ3) is 1.52. The van der Waals surface area contributed by atoms with Gasteiger partial charge in [0.1, 0.15) is 0 Å². The van der Waals surface area contributed by atoms with Crippen LogP contribution in [0.15, 0.2) is 23.4 Å². The molecule has 0 amide bonds. The molecule has 0 aliphatic carbocycles. The molecular formula is C9H7N3O3. The second-order valence-electron chi connectivity index (χ2n) is 2.92. The summed E-state index contributed by atoms with van der Waals surface area (Å²) in [5, 5.41) is 27.2. The van der Waals surface area contributed by atoms with Crippen molar-refractivity contribution >= 4 is 23.1 Å². The molecule has 0 spiro atoms. The number of H-pyrrole nitrogens is 1. The Bertz CT molecular complexity index is 545. The van der Waals surface area contributed by atoms with Gasteiger partial charge in [-0.3, -0.25) is 5.10 Å². The second-order valence-corrected chi connectivity index (χ2v) is 2.92. The predicted octanol–water partition coefficient (Wildman–Crippen LogP) is 1.07. The molecule has 0 saturated heterocycles. The van der Waals surface area contributed by atoms with Gasteiger partial charge in [0.2, 0.25) is 0 Å². The topological polar surface area (TPSA) is 98.6 Å². The van der Waals surface area contributed by atoms with E-state index < -0.39 is 5.97 Å². The lowest BCUT2D eigenvalue weighted by molar-refractivity contribution is 0.0697. The number of carboxylic acids is 1. The van der Waals surface area contributed by atoms with Gasteiger partial charge in [-0.15, -0.1) is 0 Å². The first-order chi connectivity index (χ1) is 7.22. The number of oxime groups is 1. The highest BCUT2D eigenvalue weighted by atomic mass is 16.4. The number of fused-ring (bicyclic) bond motifs is 1. The first kappa shape index (κ1) is 9.20. The number of nitrogens with one attached hydrogen (secondary N) is 1. The molecule has 2 rings (SSSR count). The van der Waals surface area contributed by atoms with Crippen molar-refractivity contribution in [3.63, 3.8) is 0 Å². The van der Waals surface area contributed by atoms with E-state index in [1.165, 1.54) is 18.3 Å². The number of hydrogen-bond acceptors (Lipinski definition) is 4. The maximum Gasteiger partial charge on any atom is 0.335 e. The Morgan fingerprint density at radius 2 is 2.33 bits per heavy atom. The predicted molar refractivity (Wildman–Crippen MR) is 52.4 cm³/mol. The van der Waals surface area contributed by atoms with Gasteiger partial charge >= 0.3 is 5.97 Å². The van der Waals surface area contributed by atoms with Crippen LogP contribution in [0.1, 0.15) is 16.1 Å². The summed E-state index contributed by atoms with van der Waals surface area (Å²) < 4.78 is 0. The number of rotatable bonds is 2. The largest absolute Gasteiger partial charge is 0.478 e. The number of benzene rings is 1. The molecule has 0 aliphatic rings. The minimum absolute atomic E-state index is 0.163. The van der Waals surface area contributed by atoms with Crippen LogP contribution < -0.4 is 0 Å². The van der Waals surface area contributed by atoms with Gasteiger partial charge in [0, 0.05) is 5.39 Å². The smallest absolute Gasteiger partial charge is 0.335 e. The lowest BCUT2D eigenvalue weighted by Crippen LogP contribution is -1.95. The Morgan fingerprint density at radius 3 is 3.00 bits per heavy atom. The van der Waals surface area contributed by atoms with Gasteiger partial charge in [-0.2, -0.15) is 5.10 Å². The van der Waals surface area contributed by atoms with E-state index in [-0.39, 0.29) is 5.56 Å². The summed E-state index contributed by atoms with van der Waals surface area (Å²) in [6, 6.07) is 4.52. The third-order valence-electron chi connectivity index (χ3n) is 2.02. The van der Waals surface area contributed by atoms with E-state index >= 15 is 0 Å². The van der Waals surface area contributed by atoms with E-state index in [4.69, 9.17) is 10.3 Å². The average Bonchev–Trinajstić information content (AvgIpc) is 2.61. The number of aromatic nitrogens is 2. The van der Waals surface area contributed by atoms with E-state index in [0.717, 1.165) is 0 Å². The van der Waals surface area contributed by atoms with Crippen LogP contribution in [0, 0.1) is 0 Å². The Kier molecular flexibility index (Phi) is 2.09. The summed E-state index contributed by atoms with van der Waals surface area (Å²) in [5.41, 5.74) is 1.25. The Hall–Kier alpha value is -2.37. The molecule has 0 fully saturated rings. The zero-order chi connectivity index (χ0) is 10.8. The van der Waals surface area contributed by atoms with E-state index in [1.807, 2.05) is 0 Å². The zero-order valence-electron chi connectivity index (χ0n) is 7.51. The molecule has 1 aromatic carbocycles. The highest BCUT2D eigenvalue weighted by Crippen LogP contribution is 2.16. The number of hydrogen-bond donors (Lipinski definition) is 3. The van der Waals surface area contributed by atoms with Crippen molar-refractivity contribution in [1.82, 2.24) is 10.2 Å². The molecule has 0 atom stereocenters. The molecule has 1 heterocycles.